The highest BCUT2D eigenvalue weighted by Gasteiger charge is 2.08. The van der Waals surface area contributed by atoms with Crippen LogP contribution in [-0.4, -0.2) is 18.4 Å². The van der Waals surface area contributed by atoms with Gasteiger partial charge in [-0.15, -0.1) is 0 Å². The largest absolute Gasteiger partial charge is 0.494 e. The number of carbonyl (C=O) groups is 1. The molecule has 0 unspecified atom stereocenters. The minimum absolute atomic E-state index is 0.244. The number of para-hydroxylation sites is 1. The van der Waals surface area contributed by atoms with Crippen molar-refractivity contribution in [1.29, 1.82) is 0 Å². The van der Waals surface area contributed by atoms with Gasteiger partial charge in [0.1, 0.15) is 5.75 Å². The summed E-state index contributed by atoms with van der Waals surface area (Å²) in [5, 5.41) is 2.47. The predicted octanol–water partition coefficient (Wildman–Crippen LogP) is 1.55. The van der Waals surface area contributed by atoms with Crippen molar-refractivity contribution in [1.82, 2.24) is 0 Å². The minimum Gasteiger partial charge on any atom is -0.494 e. The highest BCUT2D eigenvalue weighted by atomic mass is 79.9. The molecule has 0 heterocycles. The van der Waals surface area contributed by atoms with Crippen LogP contribution in [0.25, 0.3) is 0 Å². The van der Waals surface area contributed by atoms with E-state index in [0.29, 0.717) is 13.0 Å². The van der Waals surface area contributed by atoms with Gasteiger partial charge in [-0.05, 0) is 42.8 Å². The number of nitrogens with one attached hydrogen (secondary N) is 1. The number of hydrogen-bond donors (Lipinski definition) is 2. The molecule has 6 heteroatoms. The maximum atomic E-state index is 11.6. The van der Waals surface area contributed by atoms with Crippen molar-refractivity contribution in [3.8, 4) is 5.75 Å². The van der Waals surface area contributed by atoms with Crippen molar-refractivity contribution in [2.45, 2.75) is 12.8 Å². The first kappa shape index (κ1) is 17.0. The molecule has 0 aliphatic carbocycles. The standard InChI is InChI=1S/C17H17BrN2O3/c18-14-10-8-13(9-11-14)17(19)20-23-16(21)7-4-12-22-15-5-2-1-3-6-15/h1-3,5-6,8-11H,4,7,12H2,(H2,19,20)/p+1. The zero-order valence-electron chi connectivity index (χ0n) is 12.5. The minimum atomic E-state index is -0.387. The van der Waals surface area contributed by atoms with Crippen LogP contribution >= 0.6 is 15.9 Å². The van der Waals surface area contributed by atoms with Crippen LogP contribution < -0.4 is 15.6 Å². The lowest BCUT2D eigenvalue weighted by Crippen LogP contribution is -2.75. The van der Waals surface area contributed by atoms with E-state index < -0.39 is 0 Å². The number of amidine groups is 1. The quantitative estimate of drug-likeness (QED) is 0.252. The van der Waals surface area contributed by atoms with Gasteiger partial charge in [-0.25, -0.2) is 4.79 Å². The molecule has 3 N–H and O–H groups in total. The number of carbonyl (C=O) groups excluding carboxylic acids is 1. The van der Waals surface area contributed by atoms with Crippen molar-refractivity contribution < 1.29 is 19.5 Å². The normalized spacial score (nSPS) is 11.1. The SMILES string of the molecule is NC(=[NH+]OC(=O)CCCOc1ccccc1)c1ccc(Br)cc1. The van der Waals surface area contributed by atoms with E-state index >= 15 is 0 Å². The fraction of sp³-hybridized carbons (Fsp3) is 0.176. The van der Waals surface area contributed by atoms with Gasteiger partial charge < -0.3 is 4.74 Å². The Morgan fingerprint density at radius 1 is 1.09 bits per heavy atom. The third-order valence-electron chi connectivity index (χ3n) is 2.97. The van der Waals surface area contributed by atoms with E-state index in [1.54, 1.807) is 0 Å². The maximum Gasteiger partial charge on any atom is 0.357 e. The first-order valence-corrected chi connectivity index (χ1v) is 7.96. The summed E-state index contributed by atoms with van der Waals surface area (Å²) in [6.45, 7) is 0.449. The van der Waals surface area contributed by atoms with Gasteiger partial charge in [-0.3, -0.25) is 10.6 Å². The number of hydrogen-bond acceptors (Lipinski definition) is 3. The molecule has 0 saturated heterocycles. The molecule has 0 fully saturated rings. The number of halogens is 1. The summed E-state index contributed by atoms with van der Waals surface area (Å²) in [5.74, 6) is 0.680. The second kappa shape index (κ2) is 8.95. The lowest BCUT2D eigenvalue weighted by Gasteiger charge is -2.04. The predicted molar refractivity (Wildman–Crippen MR) is 90.7 cm³/mol. The third-order valence-corrected chi connectivity index (χ3v) is 3.50. The van der Waals surface area contributed by atoms with Crippen LogP contribution in [0.4, 0.5) is 0 Å². The topological polar surface area (TPSA) is 75.5 Å². The van der Waals surface area contributed by atoms with E-state index in [0.717, 1.165) is 15.8 Å². The second-order valence-corrected chi connectivity index (χ2v) is 5.68. The number of nitrogens with two attached hydrogens (primary N) is 1. The van der Waals surface area contributed by atoms with E-state index in [4.69, 9.17) is 15.3 Å². The zero-order chi connectivity index (χ0) is 16.5. The van der Waals surface area contributed by atoms with E-state index in [-0.39, 0.29) is 18.2 Å². The highest BCUT2D eigenvalue weighted by molar-refractivity contribution is 9.10. The fourth-order valence-corrected chi connectivity index (χ4v) is 2.04. The molecular weight excluding hydrogens is 360 g/mol. The summed E-state index contributed by atoms with van der Waals surface area (Å²) in [5.41, 5.74) is 6.56. The van der Waals surface area contributed by atoms with Gasteiger partial charge in [0, 0.05) is 4.47 Å². The van der Waals surface area contributed by atoms with E-state index in [2.05, 4.69) is 21.1 Å². The zero-order valence-corrected chi connectivity index (χ0v) is 14.1. The molecule has 2 aromatic rings. The average Bonchev–Trinajstić information content (AvgIpc) is 2.58. The second-order valence-electron chi connectivity index (χ2n) is 4.76. The Labute approximate surface area is 143 Å². The molecule has 2 rings (SSSR count). The number of nitrogen functional groups attached to an aromatic ring is 1. The van der Waals surface area contributed by atoms with E-state index in [1.165, 1.54) is 0 Å². The van der Waals surface area contributed by atoms with Crippen LogP contribution in [0, 0.1) is 0 Å². The molecule has 0 spiro atoms. The van der Waals surface area contributed by atoms with Crippen LogP contribution in [0.3, 0.4) is 0 Å². The molecule has 0 aliphatic heterocycles. The van der Waals surface area contributed by atoms with Crippen molar-refractivity contribution in [3.05, 3.63) is 64.6 Å². The maximum absolute atomic E-state index is 11.6. The Balaban J connectivity index is 1.70. The number of ether oxygens (including phenoxy) is 1. The summed E-state index contributed by atoms with van der Waals surface area (Å²) in [6.07, 6.45) is 0.807. The van der Waals surface area contributed by atoms with Gasteiger partial charge in [-0.1, -0.05) is 39.3 Å². The molecule has 0 amide bonds. The highest BCUT2D eigenvalue weighted by Crippen LogP contribution is 2.09. The summed E-state index contributed by atoms with van der Waals surface area (Å²) in [4.78, 5) is 16.6. The molecular formula is C17H18BrN2O3+. The molecule has 0 atom stereocenters. The van der Waals surface area contributed by atoms with Crippen molar-refractivity contribution in [3.63, 3.8) is 0 Å². The van der Waals surface area contributed by atoms with Crippen molar-refractivity contribution >= 4 is 27.7 Å². The van der Waals surface area contributed by atoms with Gasteiger partial charge in [-0.2, -0.15) is 0 Å². The molecule has 0 aromatic heterocycles. The summed E-state index contributed by atoms with van der Waals surface area (Å²) in [7, 11) is 0. The van der Waals surface area contributed by atoms with Gasteiger partial charge in [0.15, 0.2) is 0 Å². The van der Waals surface area contributed by atoms with E-state index in [9.17, 15) is 4.79 Å². The Bertz CT molecular complexity index is 657. The van der Waals surface area contributed by atoms with Crippen LogP contribution in [0.1, 0.15) is 18.4 Å². The molecule has 0 aliphatic rings. The van der Waals surface area contributed by atoms with Crippen LogP contribution in [-0.2, 0) is 9.63 Å². The van der Waals surface area contributed by atoms with Gasteiger partial charge in [0.05, 0.1) is 18.6 Å². The van der Waals surface area contributed by atoms with Gasteiger partial charge in [0.2, 0.25) is 0 Å². The number of benzene rings is 2. The third kappa shape index (κ3) is 6.12. The molecule has 120 valence electrons. The van der Waals surface area contributed by atoms with Crippen LogP contribution in [0.15, 0.2) is 59.1 Å². The average molecular weight is 378 g/mol. The summed E-state index contributed by atoms with van der Waals surface area (Å²) < 4.78 is 6.45. The first-order chi connectivity index (χ1) is 11.1. The lowest BCUT2D eigenvalue weighted by atomic mass is 10.2. The Kier molecular flexibility index (Phi) is 6.62. The smallest absolute Gasteiger partial charge is 0.357 e. The molecule has 0 radical (unpaired) electrons. The Hall–Kier alpha value is -2.34. The fourth-order valence-electron chi connectivity index (χ4n) is 1.77. The van der Waals surface area contributed by atoms with Gasteiger partial charge >= 0.3 is 11.8 Å². The Morgan fingerprint density at radius 3 is 2.48 bits per heavy atom. The Morgan fingerprint density at radius 2 is 1.78 bits per heavy atom. The van der Waals surface area contributed by atoms with Crippen molar-refractivity contribution in [2.24, 2.45) is 5.73 Å². The molecule has 5 nitrogen and oxygen atoms in total. The molecule has 23 heavy (non-hydrogen) atoms. The summed E-state index contributed by atoms with van der Waals surface area (Å²) >= 11 is 3.34. The van der Waals surface area contributed by atoms with Gasteiger partial charge in [0.25, 0.3) is 0 Å². The molecule has 0 saturated carbocycles. The van der Waals surface area contributed by atoms with Crippen molar-refractivity contribution in [2.75, 3.05) is 6.61 Å². The lowest BCUT2D eigenvalue weighted by molar-refractivity contribution is -0.724. The number of rotatable bonds is 7. The van der Waals surface area contributed by atoms with Crippen LogP contribution in [0.5, 0.6) is 5.75 Å². The van der Waals surface area contributed by atoms with E-state index in [1.807, 2.05) is 54.6 Å². The first-order valence-electron chi connectivity index (χ1n) is 7.17. The van der Waals surface area contributed by atoms with Crippen LogP contribution in [0.2, 0.25) is 0 Å². The summed E-state index contributed by atoms with van der Waals surface area (Å²) in [6, 6.07) is 16.8. The monoisotopic (exact) mass is 377 g/mol. The molecule has 2 aromatic carbocycles. The molecule has 0 bridgehead atoms.